The van der Waals surface area contributed by atoms with Gasteiger partial charge in [-0.15, -0.1) is 0 Å². The van der Waals surface area contributed by atoms with E-state index in [4.69, 9.17) is 9.84 Å². The molecule has 0 aliphatic heterocycles. The predicted molar refractivity (Wildman–Crippen MR) is 81.8 cm³/mol. The van der Waals surface area contributed by atoms with E-state index in [0.717, 1.165) is 38.6 Å². The van der Waals surface area contributed by atoms with Crippen LogP contribution >= 0.6 is 0 Å². The van der Waals surface area contributed by atoms with Crippen molar-refractivity contribution in [1.29, 1.82) is 0 Å². The fourth-order valence-corrected chi connectivity index (χ4v) is 2.93. The molecule has 20 heavy (non-hydrogen) atoms. The Morgan fingerprint density at radius 2 is 1.90 bits per heavy atom. The molecule has 1 rings (SSSR count). The molecule has 0 saturated heterocycles. The maximum absolute atomic E-state index is 9.92. The first kappa shape index (κ1) is 17.9. The molecule has 0 aromatic heterocycles. The Bertz CT molecular complexity index is 214. The average Bonchev–Trinajstić information content (AvgIpc) is 2.47. The highest BCUT2D eigenvalue weighted by molar-refractivity contribution is 4.68. The van der Waals surface area contributed by atoms with Gasteiger partial charge in [-0.1, -0.05) is 32.6 Å². The van der Waals surface area contributed by atoms with E-state index in [1.165, 1.54) is 19.3 Å². The van der Waals surface area contributed by atoms with Crippen LogP contribution in [0.1, 0.15) is 58.3 Å². The van der Waals surface area contributed by atoms with E-state index in [0.29, 0.717) is 25.2 Å². The van der Waals surface area contributed by atoms with Gasteiger partial charge in [0.25, 0.3) is 0 Å². The van der Waals surface area contributed by atoms with Crippen LogP contribution in [-0.2, 0) is 4.74 Å². The number of hydrogen-bond donors (Lipinski definition) is 3. The summed E-state index contributed by atoms with van der Waals surface area (Å²) in [6.07, 6.45) is 9.20. The van der Waals surface area contributed by atoms with Gasteiger partial charge >= 0.3 is 0 Å². The molecule has 2 atom stereocenters. The Labute approximate surface area is 123 Å². The zero-order valence-electron chi connectivity index (χ0n) is 13.0. The zero-order chi connectivity index (χ0) is 14.6. The Kier molecular flexibility index (Phi) is 10.3. The van der Waals surface area contributed by atoms with Crippen LogP contribution in [0.15, 0.2) is 0 Å². The van der Waals surface area contributed by atoms with Crippen LogP contribution in [0.4, 0.5) is 0 Å². The molecular formula is C16H33NO3. The molecule has 0 heterocycles. The van der Waals surface area contributed by atoms with Crippen molar-refractivity contribution in [3.8, 4) is 0 Å². The fraction of sp³-hybridized carbons (Fsp3) is 1.00. The molecule has 1 fully saturated rings. The first-order valence-corrected chi connectivity index (χ1v) is 8.37. The van der Waals surface area contributed by atoms with Gasteiger partial charge in [-0.2, -0.15) is 0 Å². The Balaban J connectivity index is 2.04. The number of nitrogens with one attached hydrogen (secondary N) is 1. The molecule has 3 N–H and O–H groups in total. The van der Waals surface area contributed by atoms with E-state index < -0.39 is 6.10 Å². The summed E-state index contributed by atoms with van der Waals surface area (Å²) in [6, 6.07) is 0. The summed E-state index contributed by atoms with van der Waals surface area (Å²) in [5, 5.41) is 22.2. The third-order valence-electron chi connectivity index (χ3n) is 4.12. The number of aliphatic hydroxyl groups is 2. The summed E-state index contributed by atoms with van der Waals surface area (Å²) in [6.45, 7) is 4.31. The van der Waals surface area contributed by atoms with Gasteiger partial charge in [-0.25, -0.2) is 0 Å². The van der Waals surface area contributed by atoms with Crippen molar-refractivity contribution < 1.29 is 14.9 Å². The first-order chi connectivity index (χ1) is 9.76. The van der Waals surface area contributed by atoms with E-state index >= 15 is 0 Å². The van der Waals surface area contributed by atoms with Crippen molar-refractivity contribution in [2.45, 2.75) is 70.5 Å². The van der Waals surface area contributed by atoms with Crippen molar-refractivity contribution in [2.24, 2.45) is 5.92 Å². The van der Waals surface area contributed by atoms with Crippen LogP contribution in [-0.4, -0.2) is 48.7 Å². The highest BCUT2D eigenvalue weighted by Gasteiger charge is 2.15. The van der Waals surface area contributed by atoms with Gasteiger partial charge in [-0.05, 0) is 38.1 Å². The summed E-state index contributed by atoms with van der Waals surface area (Å²) in [4.78, 5) is 0. The molecule has 0 amide bonds. The molecule has 0 bridgehead atoms. The minimum atomic E-state index is -0.423. The van der Waals surface area contributed by atoms with E-state index in [1.807, 2.05) is 0 Å². The normalized spacial score (nSPS) is 19.9. The number of hydrogen-bond acceptors (Lipinski definition) is 4. The summed E-state index contributed by atoms with van der Waals surface area (Å²) < 4.78 is 5.77. The highest BCUT2D eigenvalue weighted by Crippen LogP contribution is 2.20. The summed E-state index contributed by atoms with van der Waals surface area (Å²) in [5.41, 5.74) is 0. The van der Waals surface area contributed by atoms with E-state index in [-0.39, 0.29) is 6.61 Å². The Morgan fingerprint density at radius 3 is 2.55 bits per heavy atom. The van der Waals surface area contributed by atoms with E-state index in [9.17, 15) is 5.11 Å². The van der Waals surface area contributed by atoms with Crippen LogP contribution in [0.5, 0.6) is 0 Å². The molecular weight excluding hydrogens is 254 g/mol. The molecule has 4 nitrogen and oxygen atoms in total. The molecule has 2 unspecified atom stereocenters. The smallest absolute Gasteiger partial charge is 0.0897 e. The monoisotopic (exact) mass is 287 g/mol. The molecule has 1 aliphatic carbocycles. The minimum absolute atomic E-state index is 0.250. The van der Waals surface area contributed by atoms with Gasteiger partial charge in [0.2, 0.25) is 0 Å². The lowest BCUT2D eigenvalue weighted by atomic mass is 9.98. The van der Waals surface area contributed by atoms with Crippen molar-refractivity contribution >= 4 is 0 Å². The topological polar surface area (TPSA) is 61.7 Å². The third-order valence-corrected chi connectivity index (χ3v) is 4.12. The van der Waals surface area contributed by atoms with Crippen molar-refractivity contribution in [3.05, 3.63) is 0 Å². The van der Waals surface area contributed by atoms with Gasteiger partial charge < -0.3 is 20.3 Å². The molecule has 120 valence electrons. The maximum atomic E-state index is 9.92. The lowest BCUT2D eigenvalue weighted by Crippen LogP contribution is -2.35. The maximum Gasteiger partial charge on any atom is 0.0897 e. The standard InChI is InChI=1S/C16H33NO3/c1-2-6-14(9-10-18)11-17-12-15(19)13-20-16-7-4-3-5-8-16/h14-19H,2-13H2,1H3. The Morgan fingerprint density at radius 1 is 1.15 bits per heavy atom. The van der Waals surface area contributed by atoms with Gasteiger partial charge in [0.05, 0.1) is 18.8 Å². The molecule has 1 aliphatic rings. The third kappa shape index (κ3) is 8.20. The molecule has 0 aromatic rings. The van der Waals surface area contributed by atoms with Crippen molar-refractivity contribution in [2.75, 3.05) is 26.3 Å². The zero-order valence-corrected chi connectivity index (χ0v) is 13.0. The lowest BCUT2D eigenvalue weighted by Gasteiger charge is -2.24. The molecule has 0 spiro atoms. The SMILES string of the molecule is CCCC(CCO)CNCC(O)COC1CCCCC1. The van der Waals surface area contributed by atoms with Crippen LogP contribution in [0.25, 0.3) is 0 Å². The second-order valence-electron chi connectivity index (χ2n) is 6.07. The van der Waals surface area contributed by atoms with Gasteiger partial charge in [-0.3, -0.25) is 0 Å². The summed E-state index contributed by atoms with van der Waals surface area (Å²) in [5.74, 6) is 0.511. The average molecular weight is 287 g/mol. The number of ether oxygens (including phenoxy) is 1. The predicted octanol–water partition coefficient (Wildman–Crippen LogP) is 2.08. The summed E-state index contributed by atoms with van der Waals surface area (Å²) in [7, 11) is 0. The quantitative estimate of drug-likeness (QED) is 0.544. The van der Waals surface area contributed by atoms with Crippen LogP contribution in [0.3, 0.4) is 0 Å². The minimum Gasteiger partial charge on any atom is -0.396 e. The molecule has 0 radical (unpaired) electrons. The largest absolute Gasteiger partial charge is 0.396 e. The van der Waals surface area contributed by atoms with Gasteiger partial charge in [0.1, 0.15) is 0 Å². The summed E-state index contributed by atoms with van der Waals surface area (Å²) >= 11 is 0. The second kappa shape index (κ2) is 11.5. The Hall–Kier alpha value is -0.160. The molecule has 1 saturated carbocycles. The van der Waals surface area contributed by atoms with Crippen LogP contribution < -0.4 is 5.32 Å². The first-order valence-electron chi connectivity index (χ1n) is 8.37. The van der Waals surface area contributed by atoms with Gasteiger partial charge in [0.15, 0.2) is 0 Å². The van der Waals surface area contributed by atoms with Crippen molar-refractivity contribution in [3.63, 3.8) is 0 Å². The number of aliphatic hydroxyl groups excluding tert-OH is 2. The van der Waals surface area contributed by atoms with Gasteiger partial charge in [0, 0.05) is 13.2 Å². The van der Waals surface area contributed by atoms with E-state index in [2.05, 4.69) is 12.2 Å². The second-order valence-corrected chi connectivity index (χ2v) is 6.07. The highest BCUT2D eigenvalue weighted by atomic mass is 16.5. The van der Waals surface area contributed by atoms with Crippen molar-refractivity contribution in [1.82, 2.24) is 5.32 Å². The van der Waals surface area contributed by atoms with Crippen LogP contribution in [0.2, 0.25) is 0 Å². The lowest BCUT2D eigenvalue weighted by molar-refractivity contribution is -0.0231. The number of rotatable bonds is 11. The fourth-order valence-electron chi connectivity index (χ4n) is 2.93. The molecule has 4 heteroatoms. The van der Waals surface area contributed by atoms with E-state index in [1.54, 1.807) is 0 Å². The molecule has 0 aromatic carbocycles. The van der Waals surface area contributed by atoms with Crippen LogP contribution in [0, 0.1) is 5.92 Å².